The van der Waals surface area contributed by atoms with Crippen LogP contribution in [0.5, 0.6) is 0 Å². The first-order valence-corrected chi connectivity index (χ1v) is 6.25. The van der Waals surface area contributed by atoms with Crippen molar-refractivity contribution in [1.82, 2.24) is 15.1 Å². The number of nitrogens with zero attached hydrogens (tertiary/aromatic N) is 2. The molecule has 0 bridgehead atoms. The summed E-state index contributed by atoms with van der Waals surface area (Å²) in [5, 5.41) is 7.87. The van der Waals surface area contributed by atoms with Gasteiger partial charge in [0.2, 0.25) is 0 Å². The molecule has 0 aromatic carbocycles. The Morgan fingerprint density at radius 3 is 2.56 bits per heavy atom. The average molecular weight is 223 g/mol. The summed E-state index contributed by atoms with van der Waals surface area (Å²) in [5.74, 6) is 0.737. The molecule has 1 aromatic heterocycles. The molecule has 92 valence electrons. The molecular formula is C13H25N3. The molecule has 0 aliphatic heterocycles. The third kappa shape index (κ3) is 3.97. The van der Waals surface area contributed by atoms with Crippen molar-refractivity contribution < 1.29 is 0 Å². The molecule has 1 aromatic rings. The van der Waals surface area contributed by atoms with Crippen LogP contribution in [0, 0.1) is 12.8 Å². The van der Waals surface area contributed by atoms with Crippen LogP contribution in [0.1, 0.15) is 45.4 Å². The van der Waals surface area contributed by atoms with E-state index in [2.05, 4.69) is 49.7 Å². The quantitative estimate of drug-likeness (QED) is 0.803. The lowest BCUT2D eigenvalue weighted by atomic mass is 10.1. The molecule has 1 rings (SSSR count). The standard InChI is InChI=1S/C13H25N3/c1-10(2)6-7-16-12(5)13(9-15-16)8-14-11(3)4/h9-11,14H,6-8H2,1-5H3. The van der Waals surface area contributed by atoms with Crippen molar-refractivity contribution in [2.24, 2.45) is 5.92 Å². The van der Waals surface area contributed by atoms with Gasteiger partial charge in [0.1, 0.15) is 0 Å². The molecule has 1 N–H and O–H groups in total. The smallest absolute Gasteiger partial charge is 0.0537 e. The summed E-state index contributed by atoms with van der Waals surface area (Å²) in [6.07, 6.45) is 3.19. The van der Waals surface area contributed by atoms with E-state index in [4.69, 9.17) is 0 Å². The first-order valence-electron chi connectivity index (χ1n) is 6.25. The number of nitrogens with one attached hydrogen (secondary N) is 1. The molecule has 0 aliphatic carbocycles. The Labute approximate surface area is 99.2 Å². The maximum atomic E-state index is 4.44. The van der Waals surface area contributed by atoms with Gasteiger partial charge in [-0.15, -0.1) is 0 Å². The average Bonchev–Trinajstić information content (AvgIpc) is 2.53. The summed E-state index contributed by atoms with van der Waals surface area (Å²) in [5.41, 5.74) is 2.62. The Balaban J connectivity index is 2.54. The fraction of sp³-hybridized carbons (Fsp3) is 0.769. The number of aryl methyl sites for hydroxylation is 1. The molecule has 3 nitrogen and oxygen atoms in total. The monoisotopic (exact) mass is 223 g/mol. The van der Waals surface area contributed by atoms with Gasteiger partial charge >= 0.3 is 0 Å². The van der Waals surface area contributed by atoms with Gasteiger partial charge in [-0.05, 0) is 19.3 Å². The summed E-state index contributed by atoms with van der Waals surface area (Å²) in [6, 6.07) is 0.526. The second-order valence-electron chi connectivity index (χ2n) is 5.20. The maximum Gasteiger partial charge on any atom is 0.0537 e. The molecule has 0 aliphatic rings. The molecule has 0 unspecified atom stereocenters. The highest BCUT2D eigenvalue weighted by atomic mass is 15.3. The van der Waals surface area contributed by atoms with E-state index in [-0.39, 0.29) is 0 Å². The summed E-state index contributed by atoms with van der Waals surface area (Å²) in [7, 11) is 0. The van der Waals surface area contributed by atoms with Gasteiger partial charge in [0.05, 0.1) is 6.20 Å². The summed E-state index contributed by atoms with van der Waals surface area (Å²) < 4.78 is 2.12. The van der Waals surface area contributed by atoms with Crippen molar-refractivity contribution in [3.8, 4) is 0 Å². The van der Waals surface area contributed by atoms with Crippen LogP contribution in [0.3, 0.4) is 0 Å². The highest BCUT2D eigenvalue weighted by molar-refractivity contribution is 5.15. The van der Waals surface area contributed by atoms with Crippen molar-refractivity contribution in [3.63, 3.8) is 0 Å². The summed E-state index contributed by atoms with van der Waals surface area (Å²) >= 11 is 0. The largest absolute Gasteiger partial charge is 0.310 e. The highest BCUT2D eigenvalue weighted by Gasteiger charge is 2.06. The van der Waals surface area contributed by atoms with E-state index in [0.717, 1.165) is 19.0 Å². The zero-order chi connectivity index (χ0) is 12.1. The number of hydrogen-bond donors (Lipinski definition) is 1. The van der Waals surface area contributed by atoms with Crippen LogP contribution in [-0.2, 0) is 13.1 Å². The van der Waals surface area contributed by atoms with Crippen LogP contribution in [0.15, 0.2) is 6.20 Å². The Morgan fingerprint density at radius 2 is 2.00 bits per heavy atom. The van der Waals surface area contributed by atoms with Crippen LogP contribution in [0.4, 0.5) is 0 Å². The van der Waals surface area contributed by atoms with Gasteiger partial charge in [-0.25, -0.2) is 0 Å². The predicted octanol–water partition coefficient (Wildman–Crippen LogP) is 2.74. The minimum Gasteiger partial charge on any atom is -0.310 e. The fourth-order valence-electron chi connectivity index (χ4n) is 1.58. The maximum absolute atomic E-state index is 4.44. The third-order valence-corrected chi connectivity index (χ3v) is 2.82. The van der Waals surface area contributed by atoms with E-state index in [1.165, 1.54) is 17.7 Å². The zero-order valence-electron chi connectivity index (χ0n) is 11.2. The van der Waals surface area contributed by atoms with Crippen LogP contribution < -0.4 is 5.32 Å². The van der Waals surface area contributed by atoms with E-state index in [9.17, 15) is 0 Å². The number of aromatic nitrogens is 2. The van der Waals surface area contributed by atoms with Crippen LogP contribution in [0.2, 0.25) is 0 Å². The second-order valence-corrected chi connectivity index (χ2v) is 5.20. The fourth-order valence-corrected chi connectivity index (χ4v) is 1.58. The molecule has 0 spiro atoms. The molecular weight excluding hydrogens is 198 g/mol. The van der Waals surface area contributed by atoms with Crippen molar-refractivity contribution in [3.05, 3.63) is 17.5 Å². The molecule has 0 fully saturated rings. The van der Waals surface area contributed by atoms with Gasteiger partial charge in [0.25, 0.3) is 0 Å². The van der Waals surface area contributed by atoms with Gasteiger partial charge < -0.3 is 5.32 Å². The van der Waals surface area contributed by atoms with Gasteiger partial charge in [-0.1, -0.05) is 27.7 Å². The molecule has 3 heteroatoms. The minimum atomic E-state index is 0.526. The third-order valence-electron chi connectivity index (χ3n) is 2.82. The van der Waals surface area contributed by atoms with Crippen molar-refractivity contribution >= 4 is 0 Å². The first-order chi connectivity index (χ1) is 7.50. The molecule has 0 saturated carbocycles. The van der Waals surface area contributed by atoms with Gasteiger partial charge in [-0.2, -0.15) is 5.10 Å². The molecule has 0 amide bonds. The zero-order valence-corrected chi connectivity index (χ0v) is 11.2. The number of hydrogen-bond acceptors (Lipinski definition) is 2. The van der Waals surface area contributed by atoms with E-state index >= 15 is 0 Å². The van der Waals surface area contributed by atoms with Crippen molar-refractivity contribution in [2.75, 3.05) is 0 Å². The van der Waals surface area contributed by atoms with Crippen LogP contribution in [-0.4, -0.2) is 15.8 Å². The van der Waals surface area contributed by atoms with E-state index in [1.54, 1.807) is 0 Å². The normalized spacial score (nSPS) is 11.7. The topological polar surface area (TPSA) is 29.9 Å². The molecule has 1 heterocycles. The van der Waals surface area contributed by atoms with Crippen LogP contribution >= 0.6 is 0 Å². The van der Waals surface area contributed by atoms with Crippen LogP contribution in [0.25, 0.3) is 0 Å². The minimum absolute atomic E-state index is 0.526. The van der Waals surface area contributed by atoms with Crippen molar-refractivity contribution in [1.29, 1.82) is 0 Å². The Hall–Kier alpha value is -0.830. The Kier molecular flexibility index (Phi) is 5.00. The highest BCUT2D eigenvalue weighted by Crippen LogP contribution is 2.10. The van der Waals surface area contributed by atoms with Gasteiger partial charge in [0.15, 0.2) is 0 Å². The lowest BCUT2D eigenvalue weighted by molar-refractivity contribution is 0.479. The molecule has 16 heavy (non-hydrogen) atoms. The van der Waals surface area contributed by atoms with Gasteiger partial charge in [0, 0.05) is 30.4 Å². The Bertz CT molecular complexity index is 283. The van der Waals surface area contributed by atoms with Gasteiger partial charge in [-0.3, -0.25) is 4.68 Å². The Morgan fingerprint density at radius 1 is 1.31 bits per heavy atom. The molecule has 0 saturated heterocycles. The van der Waals surface area contributed by atoms with E-state index < -0.39 is 0 Å². The lowest BCUT2D eigenvalue weighted by Gasteiger charge is -2.09. The van der Waals surface area contributed by atoms with E-state index in [1.807, 2.05) is 6.20 Å². The molecule has 0 atom stereocenters. The van der Waals surface area contributed by atoms with E-state index in [0.29, 0.717) is 6.04 Å². The second kappa shape index (κ2) is 6.04. The predicted molar refractivity (Wildman–Crippen MR) is 68.4 cm³/mol. The number of rotatable bonds is 6. The SMILES string of the molecule is Cc1c(CNC(C)C)cnn1CCC(C)C. The van der Waals surface area contributed by atoms with Crippen molar-refractivity contribution in [2.45, 2.75) is 60.2 Å². The first kappa shape index (κ1) is 13.2. The molecule has 0 radical (unpaired) electrons. The lowest BCUT2D eigenvalue weighted by Crippen LogP contribution is -2.22. The summed E-state index contributed by atoms with van der Waals surface area (Å²) in [6.45, 7) is 12.9. The summed E-state index contributed by atoms with van der Waals surface area (Å²) in [4.78, 5) is 0.